The summed E-state index contributed by atoms with van der Waals surface area (Å²) in [6.07, 6.45) is 0. The minimum Gasteiger partial charge on any atom is -0.373 e. The highest BCUT2D eigenvalue weighted by Crippen LogP contribution is 1.97. The lowest BCUT2D eigenvalue weighted by molar-refractivity contribution is 1.60. The average molecular weight is 222 g/mol. The Bertz CT molecular complexity index is 98.7. The van der Waals surface area contributed by atoms with Crippen LogP contribution in [0.4, 0.5) is 0 Å². The quantitative estimate of drug-likeness (QED) is 0.679. The Hall–Kier alpha value is 0.828. The molecule has 0 radical (unpaired) electrons. The zero-order chi connectivity index (χ0) is 9.12. The van der Waals surface area contributed by atoms with Gasteiger partial charge in [-0.3, -0.25) is 0 Å². The van der Waals surface area contributed by atoms with Crippen molar-refractivity contribution in [2.75, 3.05) is 0 Å². The van der Waals surface area contributed by atoms with Gasteiger partial charge in [-0.25, -0.2) is 0 Å². The monoisotopic (exact) mass is 221 g/mol. The predicted octanol–water partition coefficient (Wildman–Crippen LogP) is 0.413. The van der Waals surface area contributed by atoms with Crippen LogP contribution in [0.3, 0.4) is 0 Å². The normalized spacial score (nSPS) is 15.8. The summed E-state index contributed by atoms with van der Waals surface area (Å²) in [6, 6.07) is 0. The molecular weight excluding hydrogens is 198 g/mol. The SMILES string of the molecule is C[Si](C)(C)[SiH2]N[SiH2][Si](C)(C)C. The number of hydrogen-bond acceptors (Lipinski definition) is 1. The molecule has 68 valence electrons. The molecule has 0 aliphatic carbocycles. The van der Waals surface area contributed by atoms with Crippen molar-refractivity contribution in [1.82, 2.24) is 4.65 Å². The molecule has 0 atom stereocenters. The van der Waals surface area contributed by atoms with Gasteiger partial charge in [0, 0.05) is 15.2 Å². The summed E-state index contributed by atoms with van der Waals surface area (Å²) < 4.78 is 3.87. The molecule has 0 aromatic rings. The predicted molar refractivity (Wildman–Crippen MR) is 66.9 cm³/mol. The van der Waals surface area contributed by atoms with E-state index in [2.05, 4.69) is 43.9 Å². The van der Waals surface area contributed by atoms with E-state index in [1.165, 1.54) is 0 Å². The van der Waals surface area contributed by atoms with Gasteiger partial charge in [0.15, 0.2) is 0 Å². The zero-order valence-corrected chi connectivity index (χ0v) is 13.7. The Labute approximate surface area is 77.8 Å². The smallest absolute Gasteiger partial charge is 0.0754 e. The summed E-state index contributed by atoms with van der Waals surface area (Å²) in [6.45, 7) is 14.9. The summed E-state index contributed by atoms with van der Waals surface area (Å²) >= 11 is 0. The van der Waals surface area contributed by atoms with Gasteiger partial charge >= 0.3 is 0 Å². The first kappa shape index (κ1) is 11.8. The average Bonchev–Trinajstić information content (AvgIpc) is 1.55. The van der Waals surface area contributed by atoms with E-state index in [4.69, 9.17) is 0 Å². The van der Waals surface area contributed by atoms with Crippen molar-refractivity contribution in [3.63, 3.8) is 0 Å². The second kappa shape index (κ2) is 4.17. The summed E-state index contributed by atoms with van der Waals surface area (Å²) in [5.41, 5.74) is 0. The number of nitrogens with one attached hydrogen (secondary N) is 1. The van der Waals surface area contributed by atoms with Crippen LogP contribution in [-0.2, 0) is 0 Å². The number of rotatable bonds is 4. The molecule has 1 N–H and O–H groups in total. The molecule has 0 heterocycles. The van der Waals surface area contributed by atoms with Crippen LogP contribution in [0.2, 0.25) is 39.3 Å². The molecule has 0 aromatic carbocycles. The lowest BCUT2D eigenvalue weighted by Crippen LogP contribution is -2.49. The summed E-state index contributed by atoms with van der Waals surface area (Å²) in [5.74, 6) is 0. The van der Waals surface area contributed by atoms with Gasteiger partial charge < -0.3 is 4.65 Å². The van der Waals surface area contributed by atoms with Gasteiger partial charge in [0.25, 0.3) is 0 Å². The molecule has 11 heavy (non-hydrogen) atoms. The van der Waals surface area contributed by atoms with Gasteiger partial charge in [-0.1, -0.05) is 39.3 Å². The molecule has 5 heteroatoms. The van der Waals surface area contributed by atoms with E-state index in [9.17, 15) is 0 Å². The van der Waals surface area contributed by atoms with Gasteiger partial charge in [-0.2, -0.15) is 0 Å². The van der Waals surface area contributed by atoms with Crippen molar-refractivity contribution in [2.24, 2.45) is 0 Å². The molecule has 0 amide bonds. The molecule has 0 aromatic heterocycles. The maximum Gasteiger partial charge on any atom is 0.0754 e. The van der Waals surface area contributed by atoms with E-state index in [1.54, 1.807) is 0 Å². The minimum absolute atomic E-state index is 0.155. The molecule has 0 aliphatic heterocycles. The Kier molecular flexibility index (Phi) is 4.49. The standard InChI is InChI=1S/C6H23NSi4/c1-10(2,3)8-7-9-11(4,5)6/h7H,8-9H2,1-6H3. The third-order valence-corrected chi connectivity index (χ3v) is 16.3. The Morgan fingerprint density at radius 1 is 0.727 bits per heavy atom. The van der Waals surface area contributed by atoms with Crippen molar-refractivity contribution in [1.29, 1.82) is 0 Å². The molecule has 0 saturated carbocycles. The van der Waals surface area contributed by atoms with E-state index in [0.717, 1.165) is 0 Å². The Morgan fingerprint density at radius 2 is 1.00 bits per heavy atom. The molecule has 0 rings (SSSR count). The third kappa shape index (κ3) is 10.8. The van der Waals surface area contributed by atoms with Crippen LogP contribution in [0.15, 0.2) is 0 Å². The summed E-state index contributed by atoms with van der Waals surface area (Å²) in [4.78, 5) is 0. The first-order valence-electron chi connectivity index (χ1n) is 4.41. The van der Waals surface area contributed by atoms with Crippen LogP contribution < -0.4 is 4.65 Å². The van der Waals surface area contributed by atoms with E-state index in [-0.39, 0.29) is 18.4 Å². The first-order valence-corrected chi connectivity index (χ1v) is 17.5. The van der Waals surface area contributed by atoms with Crippen molar-refractivity contribution in [3.8, 4) is 0 Å². The maximum atomic E-state index is 3.87. The molecule has 1 nitrogen and oxygen atoms in total. The lowest BCUT2D eigenvalue weighted by Gasteiger charge is -2.20. The van der Waals surface area contributed by atoms with Crippen LogP contribution in [0.1, 0.15) is 0 Å². The second-order valence-electron chi connectivity index (χ2n) is 5.72. The van der Waals surface area contributed by atoms with Crippen molar-refractivity contribution in [3.05, 3.63) is 0 Å². The third-order valence-electron chi connectivity index (χ3n) is 1.31. The highest BCUT2D eigenvalue weighted by Gasteiger charge is 2.17. The van der Waals surface area contributed by atoms with Crippen LogP contribution >= 0.6 is 0 Å². The minimum atomic E-state index is -0.672. The second-order valence-corrected chi connectivity index (χ2v) is 33.5. The molecule has 0 aliphatic rings. The van der Waals surface area contributed by atoms with Gasteiger partial charge in [-0.05, 0) is 0 Å². The van der Waals surface area contributed by atoms with Gasteiger partial charge in [-0.15, -0.1) is 0 Å². The van der Waals surface area contributed by atoms with Gasteiger partial charge in [0.1, 0.15) is 0 Å². The Morgan fingerprint density at radius 3 is 1.18 bits per heavy atom. The van der Waals surface area contributed by atoms with E-state index >= 15 is 0 Å². The fourth-order valence-electron chi connectivity index (χ4n) is 0.812. The lowest BCUT2D eigenvalue weighted by atomic mass is 11.8. The fourth-order valence-corrected chi connectivity index (χ4v) is 25.3. The summed E-state index contributed by atoms with van der Waals surface area (Å²) in [7, 11) is -1.03. The maximum absolute atomic E-state index is 3.87. The van der Waals surface area contributed by atoms with Gasteiger partial charge in [0.05, 0.1) is 18.4 Å². The highest BCUT2D eigenvalue weighted by atomic mass is 29.2. The van der Waals surface area contributed by atoms with Crippen LogP contribution in [0.25, 0.3) is 0 Å². The van der Waals surface area contributed by atoms with E-state index in [1.807, 2.05) is 0 Å². The van der Waals surface area contributed by atoms with Crippen molar-refractivity contribution >= 4 is 33.6 Å². The molecule has 0 fully saturated rings. The molecule has 0 bridgehead atoms. The van der Waals surface area contributed by atoms with E-state index < -0.39 is 15.2 Å². The Balaban J connectivity index is 3.44. The van der Waals surface area contributed by atoms with Crippen LogP contribution in [0, 0.1) is 0 Å². The zero-order valence-electron chi connectivity index (χ0n) is 8.91. The first-order chi connectivity index (χ1) is 4.71. The largest absolute Gasteiger partial charge is 0.373 e. The highest BCUT2D eigenvalue weighted by molar-refractivity contribution is 7.29. The topological polar surface area (TPSA) is 12.0 Å². The summed E-state index contributed by atoms with van der Waals surface area (Å²) in [5, 5.41) is 0. The van der Waals surface area contributed by atoms with Crippen molar-refractivity contribution in [2.45, 2.75) is 39.3 Å². The van der Waals surface area contributed by atoms with Crippen LogP contribution in [-0.4, -0.2) is 33.6 Å². The number of hydrogen-bond donors (Lipinski definition) is 1. The van der Waals surface area contributed by atoms with Gasteiger partial charge in [0.2, 0.25) is 0 Å². The van der Waals surface area contributed by atoms with E-state index in [0.29, 0.717) is 0 Å². The molecular formula is C6H23NSi4. The molecule has 0 spiro atoms. The fraction of sp³-hybridized carbons (Fsp3) is 1.00. The molecule has 0 saturated heterocycles. The van der Waals surface area contributed by atoms with Crippen molar-refractivity contribution < 1.29 is 0 Å². The van der Waals surface area contributed by atoms with Crippen LogP contribution in [0.5, 0.6) is 0 Å². The molecule has 0 unspecified atom stereocenters.